The molecule has 0 saturated carbocycles. The number of benzene rings is 2. The van der Waals surface area contributed by atoms with Gasteiger partial charge >= 0.3 is 6.18 Å². The minimum absolute atomic E-state index is 0.298. The van der Waals surface area contributed by atoms with Crippen LogP contribution in [0.5, 0.6) is 0 Å². The van der Waals surface area contributed by atoms with Crippen molar-refractivity contribution in [2.45, 2.75) is 24.6 Å². The number of hydrogen-bond acceptors (Lipinski definition) is 3. The third-order valence-corrected chi connectivity index (χ3v) is 4.72. The number of ketones is 1. The molecule has 0 aliphatic carbocycles. The molecule has 2 aromatic rings. The van der Waals surface area contributed by atoms with Crippen LogP contribution >= 0.6 is 0 Å². The van der Waals surface area contributed by atoms with Crippen molar-refractivity contribution < 1.29 is 22.8 Å². The fourth-order valence-corrected chi connectivity index (χ4v) is 3.26. The highest BCUT2D eigenvalue weighted by atomic mass is 19.4. The molecule has 1 amide bonds. The summed E-state index contributed by atoms with van der Waals surface area (Å²) in [7, 11) is 0. The third-order valence-electron chi connectivity index (χ3n) is 4.72. The van der Waals surface area contributed by atoms with Gasteiger partial charge in [-0.05, 0) is 42.6 Å². The van der Waals surface area contributed by atoms with E-state index in [-0.39, 0.29) is 0 Å². The van der Waals surface area contributed by atoms with Crippen LogP contribution in [0.1, 0.15) is 28.8 Å². The van der Waals surface area contributed by atoms with Gasteiger partial charge in [-0.3, -0.25) is 9.59 Å². The number of primary amides is 1. The Morgan fingerprint density at radius 1 is 1.07 bits per heavy atom. The number of nitrogens with two attached hydrogens (primary N) is 1. The molecule has 27 heavy (non-hydrogen) atoms. The van der Waals surface area contributed by atoms with Crippen molar-refractivity contribution in [3.63, 3.8) is 0 Å². The highest BCUT2D eigenvalue weighted by molar-refractivity contribution is 6.11. The summed E-state index contributed by atoms with van der Waals surface area (Å²) in [5.41, 5.74) is 4.79. The van der Waals surface area contributed by atoms with E-state index in [4.69, 9.17) is 5.73 Å². The van der Waals surface area contributed by atoms with Crippen LogP contribution in [0.4, 0.5) is 13.2 Å². The number of amides is 1. The predicted molar refractivity (Wildman–Crippen MR) is 94.7 cm³/mol. The van der Waals surface area contributed by atoms with Crippen LogP contribution < -0.4 is 11.1 Å². The van der Waals surface area contributed by atoms with Crippen molar-refractivity contribution in [2.75, 3.05) is 6.54 Å². The maximum Gasteiger partial charge on any atom is 0.416 e. The summed E-state index contributed by atoms with van der Waals surface area (Å²) >= 11 is 0. The molecule has 1 fully saturated rings. The number of alkyl halides is 3. The largest absolute Gasteiger partial charge is 0.416 e. The summed E-state index contributed by atoms with van der Waals surface area (Å²) in [6.45, 7) is 0.577. The van der Waals surface area contributed by atoms with Gasteiger partial charge in [0.1, 0.15) is 5.54 Å². The molecule has 7 heteroatoms. The number of halogens is 3. The Bertz CT molecular complexity index is 854. The van der Waals surface area contributed by atoms with E-state index in [0.717, 1.165) is 12.1 Å². The van der Waals surface area contributed by atoms with Crippen LogP contribution in [-0.4, -0.2) is 23.8 Å². The van der Waals surface area contributed by atoms with Gasteiger partial charge in [-0.25, -0.2) is 0 Å². The van der Waals surface area contributed by atoms with Crippen LogP contribution in [-0.2, 0) is 11.0 Å². The molecule has 1 aliphatic heterocycles. The minimum atomic E-state index is -4.43. The minimum Gasteiger partial charge on any atom is -0.368 e. The molecule has 141 valence electrons. The molecule has 0 bridgehead atoms. The van der Waals surface area contributed by atoms with Crippen LogP contribution in [0.2, 0.25) is 0 Å². The first kappa shape index (κ1) is 19.1. The maximum absolute atomic E-state index is 12.8. The summed E-state index contributed by atoms with van der Waals surface area (Å²) in [4.78, 5) is 24.7. The average molecular weight is 375 g/mol. The molecule has 1 radical (unpaired) electrons. The second-order valence-corrected chi connectivity index (χ2v) is 6.50. The van der Waals surface area contributed by atoms with Gasteiger partial charge in [0.15, 0.2) is 5.78 Å². The third kappa shape index (κ3) is 3.88. The Morgan fingerprint density at radius 2 is 1.74 bits per heavy atom. The lowest BCUT2D eigenvalue weighted by molar-refractivity contribution is -0.137. The molecular formula is C20H18F3N2O2. The number of carbonyl (C=O) groups is 2. The zero-order valence-electron chi connectivity index (χ0n) is 14.3. The second-order valence-electron chi connectivity index (χ2n) is 6.50. The smallest absolute Gasteiger partial charge is 0.368 e. The van der Waals surface area contributed by atoms with Crippen molar-refractivity contribution in [3.05, 3.63) is 66.1 Å². The average Bonchev–Trinajstić information content (AvgIpc) is 3.11. The van der Waals surface area contributed by atoms with E-state index in [2.05, 4.69) is 5.32 Å². The Balaban J connectivity index is 1.92. The van der Waals surface area contributed by atoms with Gasteiger partial charge in [0.25, 0.3) is 0 Å². The Kier molecular flexibility index (Phi) is 5.06. The summed E-state index contributed by atoms with van der Waals surface area (Å²) in [5, 5.41) is 2.98. The van der Waals surface area contributed by atoms with Gasteiger partial charge in [-0.1, -0.05) is 36.4 Å². The quantitative estimate of drug-likeness (QED) is 0.787. The monoisotopic (exact) mass is 375 g/mol. The zero-order chi connectivity index (χ0) is 19.7. The van der Waals surface area contributed by atoms with E-state index in [1.165, 1.54) is 18.6 Å². The van der Waals surface area contributed by atoms with E-state index in [1.54, 1.807) is 24.3 Å². The number of hydrogen-bond donors (Lipinski definition) is 2. The zero-order valence-corrected chi connectivity index (χ0v) is 14.3. The fourth-order valence-electron chi connectivity index (χ4n) is 3.26. The standard InChI is InChI=1S/C20H18F3N2O2/c21-20(22,23)14-8-6-13(7-9-14)15-4-1-2-5-16(15)17(26)12-19(18(24)27)10-3-11-25-19/h1-2,4-9,12,25H,3,10-11H2,(H2,24,27). The van der Waals surface area contributed by atoms with E-state index in [9.17, 15) is 22.8 Å². The lowest BCUT2D eigenvalue weighted by Crippen LogP contribution is -2.53. The SMILES string of the molecule is NC(=O)C1([CH]C(=O)c2ccccc2-c2ccc(C(F)(F)F)cc2)CCCN1. The lowest BCUT2D eigenvalue weighted by atomic mass is 9.86. The van der Waals surface area contributed by atoms with Crippen molar-refractivity contribution in [2.24, 2.45) is 5.73 Å². The molecular weight excluding hydrogens is 357 g/mol. The number of carbonyl (C=O) groups excluding carboxylic acids is 2. The van der Waals surface area contributed by atoms with Gasteiger partial charge in [0, 0.05) is 5.56 Å². The van der Waals surface area contributed by atoms with E-state index in [0.29, 0.717) is 36.1 Å². The van der Waals surface area contributed by atoms with E-state index in [1.807, 2.05) is 0 Å². The Labute approximate surface area is 154 Å². The number of nitrogens with one attached hydrogen (secondary N) is 1. The van der Waals surface area contributed by atoms with Crippen LogP contribution in [0.3, 0.4) is 0 Å². The van der Waals surface area contributed by atoms with Crippen molar-refractivity contribution in [1.82, 2.24) is 5.32 Å². The van der Waals surface area contributed by atoms with Crippen molar-refractivity contribution in [1.29, 1.82) is 0 Å². The van der Waals surface area contributed by atoms with Crippen molar-refractivity contribution >= 4 is 11.7 Å². The first-order chi connectivity index (χ1) is 12.7. The molecule has 1 unspecified atom stereocenters. The highest BCUT2D eigenvalue weighted by Gasteiger charge is 2.42. The summed E-state index contributed by atoms with van der Waals surface area (Å²) in [6, 6.07) is 11.2. The first-order valence-corrected chi connectivity index (χ1v) is 8.45. The van der Waals surface area contributed by atoms with Crippen LogP contribution in [0.15, 0.2) is 48.5 Å². The summed E-state index contributed by atoms with van der Waals surface area (Å²) < 4.78 is 38.3. The van der Waals surface area contributed by atoms with Gasteiger partial charge in [-0.2, -0.15) is 13.2 Å². The predicted octanol–water partition coefficient (Wildman–Crippen LogP) is 3.37. The first-order valence-electron chi connectivity index (χ1n) is 8.45. The number of Topliss-reactive ketones (excluding diaryl/α,β-unsaturated/α-hetero) is 1. The maximum atomic E-state index is 12.8. The molecule has 2 aromatic carbocycles. The van der Waals surface area contributed by atoms with Gasteiger partial charge in [0.2, 0.25) is 5.91 Å². The molecule has 1 aliphatic rings. The topological polar surface area (TPSA) is 72.2 Å². The highest BCUT2D eigenvalue weighted by Crippen LogP contribution is 2.33. The molecule has 3 rings (SSSR count). The molecule has 0 spiro atoms. The fraction of sp³-hybridized carbons (Fsp3) is 0.250. The van der Waals surface area contributed by atoms with E-state index < -0.39 is 29.0 Å². The molecule has 1 saturated heterocycles. The molecule has 3 N–H and O–H groups in total. The number of rotatable bonds is 5. The summed E-state index contributed by atoms with van der Waals surface area (Å²) in [6.07, 6.45) is -2.00. The molecule has 4 nitrogen and oxygen atoms in total. The van der Waals surface area contributed by atoms with Crippen molar-refractivity contribution in [3.8, 4) is 11.1 Å². The van der Waals surface area contributed by atoms with Crippen LogP contribution in [0, 0.1) is 6.42 Å². The summed E-state index contributed by atoms with van der Waals surface area (Å²) in [5.74, 6) is -1.03. The Morgan fingerprint density at radius 3 is 2.30 bits per heavy atom. The van der Waals surface area contributed by atoms with Crippen LogP contribution in [0.25, 0.3) is 11.1 Å². The second kappa shape index (κ2) is 7.15. The van der Waals surface area contributed by atoms with Gasteiger partial charge in [0.05, 0.1) is 12.0 Å². The van der Waals surface area contributed by atoms with E-state index >= 15 is 0 Å². The lowest BCUT2D eigenvalue weighted by Gasteiger charge is -2.24. The molecule has 1 atom stereocenters. The molecule has 1 heterocycles. The Hall–Kier alpha value is -2.67. The molecule has 0 aromatic heterocycles. The van der Waals surface area contributed by atoms with Gasteiger partial charge < -0.3 is 11.1 Å². The van der Waals surface area contributed by atoms with Gasteiger partial charge in [-0.15, -0.1) is 0 Å². The normalized spacial score (nSPS) is 19.8.